The molecule has 2 rings (SSSR count). The first-order valence-corrected chi connectivity index (χ1v) is 10.1. The normalized spacial score (nSPS) is 14.6. The summed E-state index contributed by atoms with van der Waals surface area (Å²) in [4.78, 5) is 48.0. The van der Waals surface area contributed by atoms with Gasteiger partial charge >= 0.3 is 12.1 Å². The Balaban J connectivity index is 2.03. The molecule has 1 heterocycles. The van der Waals surface area contributed by atoms with E-state index in [9.17, 15) is 24.5 Å². The van der Waals surface area contributed by atoms with Gasteiger partial charge in [0.2, 0.25) is 5.78 Å². The van der Waals surface area contributed by atoms with Crippen molar-refractivity contribution in [3.05, 3.63) is 33.9 Å². The van der Waals surface area contributed by atoms with E-state index in [4.69, 9.17) is 9.47 Å². The number of ether oxygens (including phenoxy) is 3. The number of hydrogen-bond acceptors (Lipinski definition) is 8. The molecule has 0 aliphatic carbocycles. The van der Waals surface area contributed by atoms with Gasteiger partial charge in [-0.2, -0.15) is 0 Å². The van der Waals surface area contributed by atoms with Crippen LogP contribution in [0.4, 0.5) is 10.5 Å². The summed E-state index contributed by atoms with van der Waals surface area (Å²) in [6.07, 6.45) is 0.0965. The third-order valence-electron chi connectivity index (χ3n) is 4.50. The first-order valence-electron chi connectivity index (χ1n) is 10.1. The molecule has 1 fully saturated rings. The molecule has 1 aliphatic rings. The molecule has 0 radical (unpaired) electrons. The maximum absolute atomic E-state index is 12.2. The molecule has 0 saturated carbocycles. The van der Waals surface area contributed by atoms with Crippen LogP contribution in [0.25, 0.3) is 0 Å². The highest BCUT2D eigenvalue weighted by atomic mass is 16.6. The van der Waals surface area contributed by atoms with Crippen LogP contribution in [-0.4, -0.2) is 59.1 Å². The number of Topliss-reactive ketones (excluding diaryl/α,β-unsaturated/α-hetero) is 1. The number of benzene rings is 1. The number of amides is 1. The quantitative estimate of drug-likeness (QED) is 0.276. The van der Waals surface area contributed by atoms with E-state index >= 15 is 0 Å². The Morgan fingerprint density at radius 1 is 1.19 bits per heavy atom. The summed E-state index contributed by atoms with van der Waals surface area (Å²) in [5, 5.41) is 11.3. The maximum atomic E-state index is 12.2. The Morgan fingerprint density at radius 3 is 2.39 bits per heavy atom. The number of carbonyl (C=O) groups is 3. The minimum absolute atomic E-state index is 0.0395. The number of piperidine rings is 1. The van der Waals surface area contributed by atoms with Gasteiger partial charge < -0.3 is 19.1 Å². The average Bonchev–Trinajstić information content (AvgIpc) is 2.67. The smallest absolute Gasteiger partial charge is 0.410 e. The van der Waals surface area contributed by atoms with E-state index in [1.54, 1.807) is 32.6 Å². The van der Waals surface area contributed by atoms with Crippen molar-refractivity contribution in [2.24, 2.45) is 0 Å². The second-order valence-corrected chi connectivity index (χ2v) is 8.15. The van der Waals surface area contributed by atoms with E-state index in [-0.39, 0.29) is 30.1 Å². The van der Waals surface area contributed by atoms with Crippen molar-refractivity contribution in [3.8, 4) is 5.75 Å². The van der Waals surface area contributed by atoms with Crippen LogP contribution >= 0.6 is 0 Å². The van der Waals surface area contributed by atoms with Crippen molar-refractivity contribution in [1.29, 1.82) is 0 Å². The Kier molecular flexibility index (Phi) is 7.95. The second-order valence-electron chi connectivity index (χ2n) is 8.15. The molecular formula is C21H28N2O8. The molecule has 0 aromatic heterocycles. The summed E-state index contributed by atoms with van der Waals surface area (Å²) in [5.41, 5.74) is -0.767. The van der Waals surface area contributed by atoms with Gasteiger partial charge in [-0.3, -0.25) is 14.9 Å². The molecule has 1 aliphatic heterocycles. The topological polar surface area (TPSA) is 125 Å². The van der Waals surface area contributed by atoms with Crippen LogP contribution in [0.5, 0.6) is 5.75 Å². The van der Waals surface area contributed by atoms with Crippen molar-refractivity contribution < 1.29 is 33.5 Å². The highest BCUT2D eigenvalue weighted by Crippen LogP contribution is 2.27. The van der Waals surface area contributed by atoms with E-state index in [2.05, 4.69) is 4.74 Å². The average molecular weight is 436 g/mol. The zero-order chi connectivity index (χ0) is 23.2. The molecule has 1 amide bonds. The van der Waals surface area contributed by atoms with Crippen LogP contribution in [-0.2, 0) is 25.5 Å². The van der Waals surface area contributed by atoms with E-state index < -0.39 is 28.7 Å². The number of ketones is 1. The van der Waals surface area contributed by atoms with Gasteiger partial charge in [0.15, 0.2) is 0 Å². The molecule has 10 heteroatoms. The minimum atomic E-state index is -1.03. The lowest BCUT2D eigenvalue weighted by Gasteiger charge is -2.33. The van der Waals surface area contributed by atoms with Crippen molar-refractivity contribution in [2.45, 2.75) is 58.7 Å². The number of hydrogen-bond donors (Lipinski definition) is 0. The van der Waals surface area contributed by atoms with Crippen LogP contribution < -0.4 is 4.74 Å². The number of nitro benzene ring substituents is 1. The standard InChI is InChI=1S/C21H28N2O8/c1-5-29-19(25)18(24)13-14-12-16(6-7-17(14)23(27)28)30-15-8-10-22(11-9-15)20(26)31-21(2,3)4/h6-7,12,15H,5,8-11,13H2,1-4H3. The summed E-state index contributed by atoms with van der Waals surface area (Å²) in [7, 11) is 0. The minimum Gasteiger partial charge on any atom is -0.490 e. The highest BCUT2D eigenvalue weighted by molar-refractivity contribution is 6.34. The van der Waals surface area contributed by atoms with Gasteiger partial charge in [-0.25, -0.2) is 9.59 Å². The van der Waals surface area contributed by atoms with Crippen LogP contribution in [0.1, 0.15) is 46.1 Å². The number of nitro groups is 1. The molecule has 1 saturated heterocycles. The van der Waals surface area contributed by atoms with Gasteiger partial charge in [-0.15, -0.1) is 0 Å². The molecule has 1 aromatic carbocycles. The van der Waals surface area contributed by atoms with Crippen LogP contribution in [0.3, 0.4) is 0 Å². The molecule has 0 N–H and O–H groups in total. The molecule has 0 unspecified atom stereocenters. The largest absolute Gasteiger partial charge is 0.490 e. The van der Waals surface area contributed by atoms with E-state index in [1.807, 2.05) is 0 Å². The Labute approximate surface area is 180 Å². The predicted octanol–water partition coefficient (Wildman–Crippen LogP) is 3.05. The zero-order valence-electron chi connectivity index (χ0n) is 18.2. The molecule has 0 bridgehead atoms. The number of rotatable bonds is 7. The summed E-state index contributed by atoms with van der Waals surface area (Å²) in [5.74, 6) is -1.54. The van der Waals surface area contributed by atoms with E-state index in [1.165, 1.54) is 18.2 Å². The molecule has 170 valence electrons. The Hall–Kier alpha value is -3.17. The highest BCUT2D eigenvalue weighted by Gasteiger charge is 2.28. The van der Waals surface area contributed by atoms with Crippen LogP contribution in [0.2, 0.25) is 0 Å². The summed E-state index contributed by atoms with van der Waals surface area (Å²) in [6, 6.07) is 4.10. The lowest BCUT2D eigenvalue weighted by molar-refractivity contribution is -0.385. The molecular weight excluding hydrogens is 408 g/mol. The van der Waals surface area contributed by atoms with Gasteiger partial charge in [-0.05, 0) is 39.8 Å². The lowest BCUT2D eigenvalue weighted by Crippen LogP contribution is -2.44. The second kappa shape index (κ2) is 10.2. The third-order valence-corrected chi connectivity index (χ3v) is 4.50. The maximum Gasteiger partial charge on any atom is 0.410 e. The zero-order valence-corrected chi connectivity index (χ0v) is 18.2. The van der Waals surface area contributed by atoms with E-state index in [0.29, 0.717) is 31.7 Å². The fourth-order valence-electron chi connectivity index (χ4n) is 3.09. The van der Waals surface area contributed by atoms with Gasteiger partial charge in [0.1, 0.15) is 17.5 Å². The van der Waals surface area contributed by atoms with E-state index in [0.717, 1.165) is 0 Å². The van der Waals surface area contributed by atoms with Gasteiger partial charge in [0, 0.05) is 44.0 Å². The summed E-state index contributed by atoms with van der Waals surface area (Å²) < 4.78 is 15.9. The summed E-state index contributed by atoms with van der Waals surface area (Å²) >= 11 is 0. The number of likely N-dealkylation sites (tertiary alicyclic amines) is 1. The fourth-order valence-corrected chi connectivity index (χ4v) is 3.09. The van der Waals surface area contributed by atoms with Gasteiger partial charge in [0.05, 0.1) is 11.5 Å². The molecule has 0 spiro atoms. The molecule has 1 aromatic rings. The fraction of sp³-hybridized carbons (Fsp3) is 0.571. The number of carbonyl (C=O) groups excluding carboxylic acids is 3. The summed E-state index contributed by atoms with van der Waals surface area (Å²) in [6.45, 7) is 7.94. The number of nitrogens with zero attached hydrogens (tertiary/aromatic N) is 2. The van der Waals surface area contributed by atoms with Crippen molar-refractivity contribution in [3.63, 3.8) is 0 Å². The Bertz CT molecular complexity index is 838. The Morgan fingerprint density at radius 2 is 1.84 bits per heavy atom. The number of esters is 1. The van der Waals surface area contributed by atoms with Crippen LogP contribution in [0, 0.1) is 10.1 Å². The molecule has 10 nitrogen and oxygen atoms in total. The van der Waals surface area contributed by atoms with Crippen LogP contribution in [0.15, 0.2) is 18.2 Å². The monoisotopic (exact) mass is 436 g/mol. The first kappa shape index (κ1) is 24.1. The van der Waals surface area contributed by atoms with Crippen molar-refractivity contribution in [1.82, 2.24) is 4.90 Å². The molecule has 0 atom stereocenters. The first-order chi connectivity index (χ1) is 14.5. The third kappa shape index (κ3) is 7.23. The van der Waals surface area contributed by atoms with Gasteiger partial charge in [-0.1, -0.05) is 0 Å². The van der Waals surface area contributed by atoms with Gasteiger partial charge in [0.25, 0.3) is 5.69 Å². The van der Waals surface area contributed by atoms with Crippen molar-refractivity contribution in [2.75, 3.05) is 19.7 Å². The van der Waals surface area contributed by atoms with Crippen molar-refractivity contribution >= 4 is 23.5 Å². The SMILES string of the molecule is CCOC(=O)C(=O)Cc1cc(OC2CCN(C(=O)OC(C)(C)C)CC2)ccc1[N+](=O)[O-]. The predicted molar refractivity (Wildman–Crippen MR) is 110 cm³/mol. The molecule has 31 heavy (non-hydrogen) atoms. The lowest BCUT2D eigenvalue weighted by atomic mass is 10.1.